The molecule has 0 amide bonds. The third-order valence-corrected chi connectivity index (χ3v) is 7.59. The van der Waals surface area contributed by atoms with E-state index in [0.29, 0.717) is 17.0 Å². The summed E-state index contributed by atoms with van der Waals surface area (Å²) in [5, 5.41) is 6.89. The van der Waals surface area contributed by atoms with E-state index in [-0.39, 0.29) is 11.6 Å². The average Bonchev–Trinajstić information content (AvgIpc) is 3.20. The molecule has 2 N–H and O–H groups in total. The number of nitrogens with zero attached hydrogens (tertiary/aromatic N) is 1. The highest BCUT2D eigenvalue weighted by molar-refractivity contribution is 7.89. The van der Waals surface area contributed by atoms with Crippen LogP contribution in [0.3, 0.4) is 0 Å². The minimum absolute atomic E-state index is 0.0253. The van der Waals surface area contributed by atoms with Crippen molar-refractivity contribution in [2.45, 2.75) is 75.6 Å². The van der Waals surface area contributed by atoms with Gasteiger partial charge in [0.15, 0.2) is 0 Å². The van der Waals surface area contributed by atoms with E-state index < -0.39 is 10.0 Å². The second kappa shape index (κ2) is 7.79. The highest BCUT2D eigenvalue weighted by Crippen LogP contribution is 2.31. The van der Waals surface area contributed by atoms with Gasteiger partial charge in [-0.25, -0.2) is 18.2 Å². The summed E-state index contributed by atoms with van der Waals surface area (Å²) in [6.07, 6.45) is 8.15. The number of fused-ring (bicyclic) bond motifs is 1. The Labute approximate surface area is 165 Å². The minimum atomic E-state index is -3.60. The number of nitrogens with one attached hydrogen (secondary N) is 2. The molecule has 4 rings (SSSR count). The molecule has 1 fully saturated rings. The Balaban J connectivity index is 1.79. The average molecular weight is 402 g/mol. The van der Waals surface area contributed by atoms with Gasteiger partial charge in [0.05, 0.1) is 10.6 Å². The number of aryl methyl sites for hydroxylation is 1. The number of aromatic nitrogens is 2. The second-order valence-corrected chi connectivity index (χ2v) is 9.53. The van der Waals surface area contributed by atoms with Gasteiger partial charge in [-0.3, -0.25) is 4.79 Å². The SMILES string of the molecule is CCc1ccc(-c2n[nH]c(=O)c3c2CCCC3)cc1S(=O)(=O)NC1CCCC1. The van der Waals surface area contributed by atoms with Gasteiger partial charge >= 0.3 is 0 Å². The van der Waals surface area contributed by atoms with Crippen LogP contribution in [-0.4, -0.2) is 24.7 Å². The predicted octanol–water partition coefficient (Wildman–Crippen LogP) is 3.10. The zero-order chi connectivity index (χ0) is 19.7. The number of H-pyrrole nitrogens is 1. The number of rotatable bonds is 5. The molecule has 2 aromatic rings. The highest BCUT2D eigenvalue weighted by atomic mass is 32.2. The monoisotopic (exact) mass is 401 g/mol. The van der Waals surface area contributed by atoms with E-state index in [1.807, 2.05) is 19.1 Å². The fourth-order valence-corrected chi connectivity index (χ4v) is 6.11. The van der Waals surface area contributed by atoms with E-state index in [4.69, 9.17) is 0 Å². The minimum Gasteiger partial charge on any atom is -0.268 e. The normalized spacial score (nSPS) is 17.6. The fourth-order valence-electron chi connectivity index (χ4n) is 4.47. The van der Waals surface area contributed by atoms with E-state index in [1.54, 1.807) is 6.07 Å². The Morgan fingerprint density at radius 3 is 2.54 bits per heavy atom. The number of hydrogen-bond acceptors (Lipinski definition) is 4. The molecule has 0 unspecified atom stereocenters. The van der Waals surface area contributed by atoms with Crippen LogP contribution in [0.15, 0.2) is 27.9 Å². The van der Waals surface area contributed by atoms with E-state index >= 15 is 0 Å². The van der Waals surface area contributed by atoms with Gasteiger partial charge in [-0.1, -0.05) is 31.9 Å². The summed E-state index contributed by atoms with van der Waals surface area (Å²) in [4.78, 5) is 12.5. The lowest BCUT2D eigenvalue weighted by Crippen LogP contribution is -2.33. The van der Waals surface area contributed by atoms with Gasteiger partial charge in [-0.05, 0) is 62.1 Å². The molecule has 1 aromatic heterocycles. The van der Waals surface area contributed by atoms with Crippen molar-refractivity contribution in [2.24, 2.45) is 0 Å². The van der Waals surface area contributed by atoms with Crippen LogP contribution >= 0.6 is 0 Å². The van der Waals surface area contributed by atoms with E-state index in [0.717, 1.165) is 73.6 Å². The van der Waals surface area contributed by atoms with Gasteiger partial charge in [0.1, 0.15) is 0 Å². The van der Waals surface area contributed by atoms with Crippen molar-refractivity contribution in [2.75, 3.05) is 0 Å². The first-order valence-electron chi connectivity index (χ1n) is 10.3. The molecule has 0 bridgehead atoms. The smallest absolute Gasteiger partial charge is 0.267 e. The summed E-state index contributed by atoms with van der Waals surface area (Å²) in [6.45, 7) is 1.96. The molecule has 0 saturated heterocycles. The Morgan fingerprint density at radius 1 is 1.11 bits per heavy atom. The fraction of sp³-hybridized carbons (Fsp3) is 0.524. The predicted molar refractivity (Wildman–Crippen MR) is 109 cm³/mol. The van der Waals surface area contributed by atoms with Crippen LogP contribution in [0, 0.1) is 0 Å². The molecule has 0 aliphatic heterocycles. The molecule has 0 spiro atoms. The van der Waals surface area contributed by atoms with Crippen LogP contribution in [-0.2, 0) is 29.3 Å². The number of benzene rings is 1. The third kappa shape index (κ3) is 3.65. The van der Waals surface area contributed by atoms with Gasteiger partial charge < -0.3 is 0 Å². The van der Waals surface area contributed by atoms with Gasteiger partial charge in [0.2, 0.25) is 10.0 Å². The van der Waals surface area contributed by atoms with E-state index in [2.05, 4.69) is 14.9 Å². The number of hydrogen-bond donors (Lipinski definition) is 2. The third-order valence-electron chi connectivity index (χ3n) is 5.99. The van der Waals surface area contributed by atoms with Gasteiger partial charge in [0, 0.05) is 17.2 Å². The number of sulfonamides is 1. The summed E-state index contributed by atoms with van der Waals surface area (Å²) >= 11 is 0. The zero-order valence-corrected chi connectivity index (χ0v) is 17.1. The van der Waals surface area contributed by atoms with Crippen molar-refractivity contribution in [3.05, 3.63) is 45.2 Å². The lowest BCUT2D eigenvalue weighted by atomic mass is 9.89. The maximum absolute atomic E-state index is 13.1. The van der Waals surface area contributed by atoms with Crippen molar-refractivity contribution in [3.63, 3.8) is 0 Å². The molecule has 1 aromatic carbocycles. The first kappa shape index (κ1) is 19.3. The molecule has 0 atom stereocenters. The van der Waals surface area contributed by atoms with E-state index in [9.17, 15) is 13.2 Å². The summed E-state index contributed by atoms with van der Waals surface area (Å²) in [5.41, 5.74) is 3.88. The largest absolute Gasteiger partial charge is 0.268 e. The topological polar surface area (TPSA) is 91.9 Å². The summed E-state index contributed by atoms with van der Waals surface area (Å²) in [5.74, 6) is 0. The maximum atomic E-state index is 13.1. The van der Waals surface area contributed by atoms with Crippen LogP contribution in [0.1, 0.15) is 62.1 Å². The molecule has 2 aliphatic carbocycles. The first-order chi connectivity index (χ1) is 13.5. The van der Waals surface area contributed by atoms with Crippen LogP contribution in [0.25, 0.3) is 11.3 Å². The molecular formula is C21H27N3O3S. The highest BCUT2D eigenvalue weighted by Gasteiger charge is 2.26. The van der Waals surface area contributed by atoms with Crippen molar-refractivity contribution >= 4 is 10.0 Å². The van der Waals surface area contributed by atoms with Crippen molar-refractivity contribution < 1.29 is 8.42 Å². The molecule has 2 aliphatic rings. The van der Waals surface area contributed by atoms with E-state index in [1.165, 1.54) is 0 Å². The quantitative estimate of drug-likeness (QED) is 0.805. The molecule has 150 valence electrons. The molecule has 7 heteroatoms. The molecule has 28 heavy (non-hydrogen) atoms. The van der Waals surface area contributed by atoms with Crippen LogP contribution in [0.2, 0.25) is 0 Å². The summed E-state index contributed by atoms with van der Waals surface area (Å²) < 4.78 is 29.1. The Bertz CT molecular complexity index is 1040. The van der Waals surface area contributed by atoms with Crippen LogP contribution in [0.5, 0.6) is 0 Å². The Morgan fingerprint density at radius 2 is 1.82 bits per heavy atom. The molecule has 1 heterocycles. The number of aromatic amines is 1. The van der Waals surface area contributed by atoms with Crippen molar-refractivity contribution in [3.8, 4) is 11.3 Å². The van der Waals surface area contributed by atoms with Crippen LogP contribution in [0.4, 0.5) is 0 Å². The van der Waals surface area contributed by atoms with Crippen molar-refractivity contribution in [1.82, 2.24) is 14.9 Å². The van der Waals surface area contributed by atoms with Gasteiger partial charge in [0.25, 0.3) is 5.56 Å². The lowest BCUT2D eigenvalue weighted by Gasteiger charge is -2.19. The Hall–Kier alpha value is -1.99. The lowest BCUT2D eigenvalue weighted by molar-refractivity contribution is 0.551. The molecular weight excluding hydrogens is 374 g/mol. The maximum Gasteiger partial charge on any atom is 0.267 e. The first-order valence-corrected chi connectivity index (χ1v) is 11.7. The van der Waals surface area contributed by atoms with Gasteiger partial charge in [-0.15, -0.1) is 0 Å². The second-order valence-electron chi connectivity index (χ2n) is 7.84. The summed E-state index contributed by atoms with van der Waals surface area (Å²) in [6, 6.07) is 5.55. The Kier molecular flexibility index (Phi) is 5.38. The molecule has 1 saturated carbocycles. The standard InChI is InChI=1S/C21H27N3O3S/c1-2-14-11-12-15(13-19(14)28(26,27)24-16-7-3-4-8-16)20-17-9-5-6-10-18(17)21(25)23-22-20/h11-13,16,24H,2-10H2,1H3,(H,23,25). The van der Waals surface area contributed by atoms with Gasteiger partial charge in [-0.2, -0.15) is 5.10 Å². The molecule has 0 radical (unpaired) electrons. The zero-order valence-electron chi connectivity index (χ0n) is 16.3. The molecule has 6 nitrogen and oxygen atoms in total. The van der Waals surface area contributed by atoms with Crippen molar-refractivity contribution in [1.29, 1.82) is 0 Å². The summed E-state index contributed by atoms with van der Waals surface area (Å²) in [7, 11) is -3.60. The van der Waals surface area contributed by atoms with Crippen LogP contribution < -0.4 is 10.3 Å².